The summed E-state index contributed by atoms with van der Waals surface area (Å²) in [6.45, 7) is 0. The maximum Gasteiger partial charge on any atom is 0.0924 e. The first-order valence-corrected chi connectivity index (χ1v) is 4.25. The van der Waals surface area contributed by atoms with Gasteiger partial charge in [0, 0.05) is 22.4 Å². The second-order valence-corrected chi connectivity index (χ2v) is 3.18. The van der Waals surface area contributed by atoms with Gasteiger partial charge in [0.05, 0.1) is 18.2 Å². The molecule has 0 saturated carbocycles. The third kappa shape index (κ3) is 1.25. The van der Waals surface area contributed by atoms with Gasteiger partial charge in [-0.2, -0.15) is 0 Å². The molecular formula is C8H6BrN3. The summed E-state index contributed by atoms with van der Waals surface area (Å²) in [5.41, 5.74) is 2.06. The summed E-state index contributed by atoms with van der Waals surface area (Å²) < 4.78 is 0.967. The Kier molecular flexibility index (Phi) is 1.91. The Balaban J connectivity index is 2.55. The minimum atomic E-state index is 0.967. The molecule has 0 amide bonds. The molecule has 2 aromatic heterocycles. The largest absolute Gasteiger partial charge is 0.345 e. The van der Waals surface area contributed by atoms with Gasteiger partial charge in [-0.05, 0) is 22.0 Å². The van der Waals surface area contributed by atoms with Crippen molar-refractivity contribution in [3.8, 4) is 11.3 Å². The van der Waals surface area contributed by atoms with Crippen LogP contribution in [0.15, 0.2) is 35.5 Å². The standard InChI is InChI=1S/C8H6BrN3/c9-7-3-10-2-1-6(7)8-4-11-5-12-8/h1-5H,(H,11,12). The first-order chi connectivity index (χ1) is 5.88. The molecule has 0 atom stereocenters. The van der Waals surface area contributed by atoms with Crippen LogP contribution < -0.4 is 0 Å². The number of imidazole rings is 1. The predicted octanol–water partition coefficient (Wildman–Crippen LogP) is 2.23. The Hall–Kier alpha value is -1.16. The topological polar surface area (TPSA) is 41.6 Å². The molecular weight excluding hydrogens is 218 g/mol. The van der Waals surface area contributed by atoms with E-state index < -0.39 is 0 Å². The van der Waals surface area contributed by atoms with E-state index in [-0.39, 0.29) is 0 Å². The monoisotopic (exact) mass is 223 g/mol. The summed E-state index contributed by atoms with van der Waals surface area (Å²) in [5.74, 6) is 0. The Morgan fingerprint density at radius 1 is 1.25 bits per heavy atom. The van der Waals surface area contributed by atoms with Crippen molar-refractivity contribution in [3.05, 3.63) is 35.5 Å². The molecule has 0 bridgehead atoms. The lowest BCUT2D eigenvalue weighted by Crippen LogP contribution is -1.80. The fraction of sp³-hybridized carbons (Fsp3) is 0. The summed E-state index contributed by atoms with van der Waals surface area (Å²) in [5, 5.41) is 0. The molecule has 4 heteroatoms. The minimum absolute atomic E-state index is 0.967. The van der Waals surface area contributed by atoms with Crippen molar-refractivity contribution >= 4 is 15.9 Å². The molecule has 0 spiro atoms. The zero-order valence-electron chi connectivity index (χ0n) is 6.16. The van der Waals surface area contributed by atoms with Crippen molar-refractivity contribution in [1.82, 2.24) is 15.0 Å². The number of pyridine rings is 1. The summed E-state index contributed by atoms with van der Waals surface area (Å²) in [6, 6.07) is 1.93. The van der Waals surface area contributed by atoms with Crippen LogP contribution in [0.5, 0.6) is 0 Å². The molecule has 2 heterocycles. The molecule has 60 valence electrons. The fourth-order valence-corrected chi connectivity index (χ4v) is 1.46. The van der Waals surface area contributed by atoms with Gasteiger partial charge in [-0.1, -0.05) is 0 Å². The zero-order valence-corrected chi connectivity index (χ0v) is 7.75. The smallest absolute Gasteiger partial charge is 0.0924 e. The van der Waals surface area contributed by atoms with Crippen molar-refractivity contribution in [2.24, 2.45) is 0 Å². The highest BCUT2D eigenvalue weighted by Gasteiger charge is 2.01. The molecule has 0 fully saturated rings. The Morgan fingerprint density at radius 2 is 2.17 bits per heavy atom. The maximum atomic E-state index is 3.97. The number of aromatic amines is 1. The number of rotatable bonds is 1. The van der Waals surface area contributed by atoms with E-state index in [1.54, 1.807) is 24.9 Å². The highest BCUT2D eigenvalue weighted by molar-refractivity contribution is 9.10. The molecule has 0 unspecified atom stereocenters. The second kappa shape index (κ2) is 3.06. The average Bonchev–Trinajstić information content (AvgIpc) is 2.57. The first kappa shape index (κ1) is 7.49. The van der Waals surface area contributed by atoms with E-state index in [0.29, 0.717) is 0 Å². The van der Waals surface area contributed by atoms with Gasteiger partial charge in [-0.15, -0.1) is 0 Å². The van der Waals surface area contributed by atoms with Crippen molar-refractivity contribution in [1.29, 1.82) is 0 Å². The van der Waals surface area contributed by atoms with Crippen molar-refractivity contribution < 1.29 is 0 Å². The number of nitrogens with one attached hydrogen (secondary N) is 1. The third-order valence-corrected chi connectivity index (χ3v) is 2.19. The van der Waals surface area contributed by atoms with Crippen LogP contribution in [0.3, 0.4) is 0 Å². The molecule has 0 aliphatic heterocycles. The quantitative estimate of drug-likeness (QED) is 0.806. The van der Waals surface area contributed by atoms with Crippen molar-refractivity contribution in [2.75, 3.05) is 0 Å². The number of nitrogens with zero attached hydrogens (tertiary/aromatic N) is 2. The third-order valence-electron chi connectivity index (χ3n) is 1.56. The molecule has 0 aliphatic rings. The number of H-pyrrole nitrogens is 1. The Labute approximate surface area is 78.0 Å². The van der Waals surface area contributed by atoms with Crippen LogP contribution in [0.4, 0.5) is 0 Å². The van der Waals surface area contributed by atoms with E-state index in [2.05, 4.69) is 30.9 Å². The van der Waals surface area contributed by atoms with E-state index >= 15 is 0 Å². The zero-order chi connectivity index (χ0) is 8.39. The number of hydrogen-bond donors (Lipinski definition) is 1. The van der Waals surface area contributed by atoms with E-state index in [4.69, 9.17) is 0 Å². The molecule has 0 saturated heterocycles. The van der Waals surface area contributed by atoms with Gasteiger partial charge >= 0.3 is 0 Å². The molecule has 2 rings (SSSR count). The molecule has 12 heavy (non-hydrogen) atoms. The van der Waals surface area contributed by atoms with Crippen LogP contribution in [-0.2, 0) is 0 Å². The summed E-state index contributed by atoms with van der Waals surface area (Å²) in [4.78, 5) is 10.9. The SMILES string of the molecule is Brc1cnccc1-c1cnc[nH]1. The number of halogens is 1. The highest BCUT2D eigenvalue weighted by atomic mass is 79.9. The average molecular weight is 224 g/mol. The van der Waals surface area contributed by atoms with E-state index in [1.807, 2.05) is 6.07 Å². The summed E-state index contributed by atoms with van der Waals surface area (Å²) in [6.07, 6.45) is 6.94. The normalized spacial score (nSPS) is 10.1. The van der Waals surface area contributed by atoms with Crippen LogP contribution in [0.2, 0.25) is 0 Å². The van der Waals surface area contributed by atoms with Gasteiger partial charge in [0.15, 0.2) is 0 Å². The van der Waals surface area contributed by atoms with E-state index in [9.17, 15) is 0 Å². The molecule has 0 radical (unpaired) electrons. The molecule has 2 aromatic rings. The van der Waals surface area contributed by atoms with Crippen LogP contribution in [0, 0.1) is 0 Å². The number of aromatic nitrogens is 3. The van der Waals surface area contributed by atoms with Gasteiger partial charge in [-0.3, -0.25) is 4.98 Å². The Morgan fingerprint density at radius 3 is 2.83 bits per heavy atom. The van der Waals surface area contributed by atoms with Crippen LogP contribution in [0.25, 0.3) is 11.3 Å². The van der Waals surface area contributed by atoms with Crippen LogP contribution >= 0.6 is 15.9 Å². The van der Waals surface area contributed by atoms with Gasteiger partial charge in [0.2, 0.25) is 0 Å². The lowest BCUT2D eigenvalue weighted by molar-refractivity contribution is 1.29. The maximum absolute atomic E-state index is 3.97. The van der Waals surface area contributed by atoms with Crippen LogP contribution in [-0.4, -0.2) is 15.0 Å². The van der Waals surface area contributed by atoms with Gasteiger partial charge in [0.1, 0.15) is 0 Å². The minimum Gasteiger partial charge on any atom is -0.345 e. The van der Waals surface area contributed by atoms with E-state index in [1.165, 1.54) is 0 Å². The predicted molar refractivity (Wildman–Crippen MR) is 49.5 cm³/mol. The van der Waals surface area contributed by atoms with Crippen molar-refractivity contribution in [2.45, 2.75) is 0 Å². The van der Waals surface area contributed by atoms with Crippen molar-refractivity contribution in [3.63, 3.8) is 0 Å². The summed E-state index contributed by atoms with van der Waals surface area (Å²) in [7, 11) is 0. The molecule has 0 aromatic carbocycles. The fourth-order valence-electron chi connectivity index (χ4n) is 0.997. The first-order valence-electron chi connectivity index (χ1n) is 3.46. The molecule has 3 nitrogen and oxygen atoms in total. The lowest BCUT2D eigenvalue weighted by atomic mass is 10.2. The van der Waals surface area contributed by atoms with Gasteiger partial charge in [0.25, 0.3) is 0 Å². The van der Waals surface area contributed by atoms with E-state index in [0.717, 1.165) is 15.7 Å². The summed E-state index contributed by atoms with van der Waals surface area (Å²) >= 11 is 3.41. The number of hydrogen-bond acceptors (Lipinski definition) is 2. The highest BCUT2D eigenvalue weighted by Crippen LogP contribution is 2.24. The molecule has 0 aliphatic carbocycles. The molecule has 1 N–H and O–H groups in total. The lowest BCUT2D eigenvalue weighted by Gasteiger charge is -1.98. The van der Waals surface area contributed by atoms with Crippen LogP contribution in [0.1, 0.15) is 0 Å². The van der Waals surface area contributed by atoms with Gasteiger partial charge < -0.3 is 4.98 Å². The Bertz CT molecular complexity index is 370. The second-order valence-electron chi connectivity index (χ2n) is 2.32. The van der Waals surface area contributed by atoms with Gasteiger partial charge in [-0.25, -0.2) is 4.98 Å².